The molecule has 1 aliphatic carbocycles. The summed E-state index contributed by atoms with van der Waals surface area (Å²) in [5.41, 5.74) is 0.777. The highest BCUT2D eigenvalue weighted by Gasteiger charge is 2.23. The fourth-order valence-electron chi connectivity index (χ4n) is 3.18. The molecule has 3 rings (SSSR count). The van der Waals surface area contributed by atoms with E-state index in [-0.39, 0.29) is 11.7 Å². The van der Waals surface area contributed by atoms with Crippen molar-refractivity contribution >= 4 is 5.78 Å². The van der Waals surface area contributed by atoms with Crippen LogP contribution in [0.15, 0.2) is 18.2 Å². The second-order valence-corrected chi connectivity index (χ2v) is 6.44. The van der Waals surface area contributed by atoms with Gasteiger partial charge in [-0.05, 0) is 31.0 Å². The molecule has 0 saturated heterocycles. The lowest BCUT2D eigenvalue weighted by atomic mass is 9.91. The Kier molecular flexibility index (Phi) is 4.47. The van der Waals surface area contributed by atoms with E-state index in [0.29, 0.717) is 19.1 Å². The Morgan fingerprint density at radius 3 is 2.38 bits per heavy atom. The van der Waals surface area contributed by atoms with Gasteiger partial charge in [0, 0.05) is 17.4 Å². The van der Waals surface area contributed by atoms with Gasteiger partial charge in [-0.3, -0.25) is 4.79 Å². The Hall–Kier alpha value is -1.51. The number of fused-ring (bicyclic) bond motifs is 1. The van der Waals surface area contributed by atoms with Crippen molar-refractivity contribution in [3.8, 4) is 11.5 Å². The molecule has 1 saturated carbocycles. The lowest BCUT2D eigenvalue weighted by molar-refractivity contribution is 0.0907. The molecule has 3 nitrogen and oxygen atoms in total. The summed E-state index contributed by atoms with van der Waals surface area (Å²) in [7, 11) is 0. The number of ether oxygens (including phenoxy) is 2. The average molecular weight is 288 g/mol. The van der Waals surface area contributed by atoms with E-state index in [2.05, 4.69) is 6.92 Å². The maximum Gasteiger partial charge on any atom is 0.166 e. The molecule has 1 fully saturated rings. The van der Waals surface area contributed by atoms with Gasteiger partial charge < -0.3 is 9.47 Å². The van der Waals surface area contributed by atoms with E-state index in [1.54, 1.807) is 0 Å². The van der Waals surface area contributed by atoms with Gasteiger partial charge in [0.15, 0.2) is 17.3 Å². The first-order valence-corrected chi connectivity index (χ1v) is 8.18. The minimum Gasteiger partial charge on any atom is -0.489 e. The van der Waals surface area contributed by atoms with Crippen molar-refractivity contribution in [2.45, 2.75) is 45.4 Å². The summed E-state index contributed by atoms with van der Waals surface area (Å²) in [6, 6.07) is 5.66. The first kappa shape index (κ1) is 14.4. The average Bonchev–Trinajstić information content (AvgIpc) is 2.88. The summed E-state index contributed by atoms with van der Waals surface area (Å²) in [5, 5.41) is 0. The highest BCUT2D eigenvalue weighted by Crippen LogP contribution is 2.33. The van der Waals surface area contributed by atoms with Crippen LogP contribution in [0.2, 0.25) is 0 Å². The largest absolute Gasteiger partial charge is 0.489 e. The molecule has 0 bridgehead atoms. The molecule has 1 aliphatic heterocycles. The Balaban J connectivity index is 1.78. The van der Waals surface area contributed by atoms with Gasteiger partial charge >= 0.3 is 0 Å². The highest BCUT2D eigenvalue weighted by atomic mass is 16.5. The van der Waals surface area contributed by atoms with E-state index in [9.17, 15) is 4.79 Å². The van der Waals surface area contributed by atoms with Crippen molar-refractivity contribution in [2.75, 3.05) is 13.2 Å². The van der Waals surface area contributed by atoms with Crippen LogP contribution in [0.25, 0.3) is 0 Å². The molecule has 2 aliphatic rings. The third-order valence-corrected chi connectivity index (χ3v) is 4.50. The molecule has 3 heteroatoms. The normalized spacial score (nSPS) is 23.2. The summed E-state index contributed by atoms with van der Waals surface area (Å²) < 4.78 is 11.5. The highest BCUT2D eigenvalue weighted by molar-refractivity contribution is 5.98. The van der Waals surface area contributed by atoms with Crippen molar-refractivity contribution in [3.63, 3.8) is 0 Å². The molecule has 0 spiro atoms. The molecule has 0 radical (unpaired) electrons. The number of carbonyl (C=O) groups excluding carboxylic acids is 1. The first-order valence-electron chi connectivity index (χ1n) is 8.18. The van der Waals surface area contributed by atoms with Crippen LogP contribution in [-0.2, 0) is 0 Å². The molecule has 1 aromatic rings. The second kappa shape index (κ2) is 6.50. The van der Waals surface area contributed by atoms with Crippen molar-refractivity contribution in [3.05, 3.63) is 23.8 Å². The second-order valence-electron chi connectivity index (χ2n) is 6.44. The maximum absolute atomic E-state index is 12.7. The van der Waals surface area contributed by atoms with E-state index in [1.165, 1.54) is 25.7 Å². The third kappa shape index (κ3) is 3.39. The zero-order valence-corrected chi connectivity index (χ0v) is 12.8. The summed E-state index contributed by atoms with van der Waals surface area (Å²) in [4.78, 5) is 12.7. The Morgan fingerprint density at radius 1 is 1.00 bits per heavy atom. The quantitative estimate of drug-likeness (QED) is 0.603. The number of hydrogen-bond acceptors (Lipinski definition) is 3. The fraction of sp³-hybridized carbons (Fsp3) is 0.611. The molecule has 1 aromatic carbocycles. The van der Waals surface area contributed by atoms with Gasteiger partial charge in [0.2, 0.25) is 0 Å². The van der Waals surface area contributed by atoms with Crippen molar-refractivity contribution < 1.29 is 14.3 Å². The van der Waals surface area contributed by atoms with Gasteiger partial charge in [-0.2, -0.15) is 0 Å². The minimum absolute atomic E-state index is 0.191. The van der Waals surface area contributed by atoms with Gasteiger partial charge in [-0.25, -0.2) is 0 Å². The van der Waals surface area contributed by atoms with E-state index >= 15 is 0 Å². The molecule has 1 unspecified atom stereocenters. The monoisotopic (exact) mass is 288 g/mol. The van der Waals surface area contributed by atoms with Gasteiger partial charge in [0.05, 0.1) is 13.2 Å². The molecule has 114 valence electrons. The Morgan fingerprint density at radius 2 is 1.67 bits per heavy atom. The molecular formula is C18H24O3. The van der Waals surface area contributed by atoms with Crippen LogP contribution >= 0.6 is 0 Å². The van der Waals surface area contributed by atoms with Crippen LogP contribution in [0.5, 0.6) is 11.5 Å². The predicted molar refractivity (Wildman–Crippen MR) is 82.1 cm³/mol. The first-order chi connectivity index (χ1) is 10.2. The van der Waals surface area contributed by atoms with Crippen LogP contribution < -0.4 is 9.47 Å². The van der Waals surface area contributed by atoms with E-state index in [1.807, 2.05) is 18.2 Å². The predicted octanol–water partition coefficient (Wildman–Crippen LogP) is 4.25. The topological polar surface area (TPSA) is 35.5 Å². The number of hydrogen-bond donors (Lipinski definition) is 0. The lowest BCUT2D eigenvalue weighted by Crippen LogP contribution is -2.14. The van der Waals surface area contributed by atoms with Crippen molar-refractivity contribution in [1.82, 2.24) is 0 Å². The number of ketones is 1. The Labute approximate surface area is 126 Å². The summed E-state index contributed by atoms with van der Waals surface area (Å²) in [6.45, 7) is 3.42. The van der Waals surface area contributed by atoms with Crippen molar-refractivity contribution in [1.29, 1.82) is 0 Å². The van der Waals surface area contributed by atoms with Crippen LogP contribution in [0.1, 0.15) is 55.8 Å². The van der Waals surface area contributed by atoms with E-state index in [0.717, 1.165) is 29.9 Å². The van der Waals surface area contributed by atoms with Gasteiger partial charge in [0.25, 0.3) is 0 Å². The maximum atomic E-state index is 12.7. The molecule has 1 atom stereocenters. The summed E-state index contributed by atoms with van der Waals surface area (Å²) in [5.74, 6) is 2.32. The molecular weight excluding hydrogens is 264 g/mol. The molecule has 0 amide bonds. The smallest absolute Gasteiger partial charge is 0.166 e. The van der Waals surface area contributed by atoms with Crippen LogP contribution in [0.3, 0.4) is 0 Å². The lowest BCUT2D eigenvalue weighted by Gasteiger charge is -2.14. The van der Waals surface area contributed by atoms with E-state index in [4.69, 9.17) is 9.47 Å². The number of rotatable bonds is 2. The van der Waals surface area contributed by atoms with Gasteiger partial charge in [-0.1, -0.05) is 32.6 Å². The Bertz CT molecular complexity index is 501. The molecule has 0 N–H and O–H groups in total. The summed E-state index contributed by atoms with van der Waals surface area (Å²) >= 11 is 0. The van der Waals surface area contributed by atoms with Gasteiger partial charge in [-0.15, -0.1) is 0 Å². The standard InChI is InChI=1S/C18H24O3/c1-13-11-20-16-9-8-15(10-17(16)21-12-13)18(19)14-6-4-2-3-5-7-14/h8-10,13-14H,2-7,11-12H2,1H3. The van der Waals surface area contributed by atoms with Gasteiger partial charge in [0.1, 0.15) is 0 Å². The minimum atomic E-state index is 0.191. The summed E-state index contributed by atoms with van der Waals surface area (Å²) in [6.07, 6.45) is 6.96. The van der Waals surface area contributed by atoms with Crippen molar-refractivity contribution in [2.24, 2.45) is 11.8 Å². The molecule has 0 aromatic heterocycles. The van der Waals surface area contributed by atoms with Crippen LogP contribution in [0.4, 0.5) is 0 Å². The zero-order valence-electron chi connectivity index (χ0n) is 12.8. The van der Waals surface area contributed by atoms with E-state index < -0.39 is 0 Å². The molecule has 21 heavy (non-hydrogen) atoms. The fourth-order valence-corrected chi connectivity index (χ4v) is 3.18. The number of Topliss-reactive ketones (excluding diaryl/α,β-unsaturated/α-hetero) is 1. The van der Waals surface area contributed by atoms with Crippen LogP contribution in [-0.4, -0.2) is 19.0 Å². The third-order valence-electron chi connectivity index (χ3n) is 4.50. The SMILES string of the molecule is CC1COc2ccc(C(=O)C3CCCCCC3)cc2OC1. The van der Waals surface area contributed by atoms with Crippen LogP contribution in [0, 0.1) is 11.8 Å². The zero-order chi connectivity index (χ0) is 14.7. The number of carbonyl (C=O) groups is 1. The molecule has 1 heterocycles. The number of benzene rings is 1.